The van der Waals surface area contributed by atoms with Crippen LogP contribution in [0.25, 0.3) is 0 Å². The van der Waals surface area contributed by atoms with E-state index in [0.717, 1.165) is 48.6 Å². The van der Waals surface area contributed by atoms with Crippen LogP contribution in [0.4, 0.5) is 0 Å². The number of aliphatic hydroxyl groups is 1. The van der Waals surface area contributed by atoms with Crippen molar-refractivity contribution in [2.45, 2.75) is 32.9 Å². The lowest BCUT2D eigenvalue weighted by Gasteiger charge is -2.13. The Bertz CT molecular complexity index is 611. The van der Waals surface area contributed by atoms with Crippen molar-refractivity contribution in [1.29, 1.82) is 0 Å². The van der Waals surface area contributed by atoms with Crippen molar-refractivity contribution in [3.63, 3.8) is 0 Å². The summed E-state index contributed by atoms with van der Waals surface area (Å²) >= 11 is 0. The normalized spacial score (nSPS) is 10.6. The molecule has 0 aliphatic rings. The highest BCUT2D eigenvalue weighted by Gasteiger charge is 2.06. The molecule has 4 nitrogen and oxygen atoms in total. The van der Waals surface area contributed by atoms with Gasteiger partial charge >= 0.3 is 0 Å². The molecule has 0 saturated heterocycles. The molecule has 2 aromatic rings. The predicted molar refractivity (Wildman–Crippen MR) is 96.5 cm³/mol. The van der Waals surface area contributed by atoms with Crippen molar-refractivity contribution in [3.05, 3.63) is 59.2 Å². The summed E-state index contributed by atoms with van der Waals surface area (Å²) < 4.78 is 11.3. The third kappa shape index (κ3) is 5.87. The molecule has 2 rings (SSSR count). The van der Waals surface area contributed by atoms with Crippen molar-refractivity contribution < 1.29 is 14.6 Å². The Labute approximate surface area is 144 Å². The standard InChI is InChI=1S/C20H27NO3/c1-16-5-7-17(8-6-16)15-24-19-10-9-18(13-20(19)23-2)14-21-11-3-4-12-22/h5-10,13,21-22H,3-4,11-12,14-15H2,1-2H3. The van der Waals surface area contributed by atoms with Crippen molar-refractivity contribution >= 4 is 0 Å². The summed E-state index contributed by atoms with van der Waals surface area (Å²) in [6, 6.07) is 14.3. The van der Waals surface area contributed by atoms with E-state index in [4.69, 9.17) is 14.6 Å². The second-order valence-electron chi connectivity index (χ2n) is 5.87. The first kappa shape index (κ1) is 18.3. The van der Waals surface area contributed by atoms with E-state index in [-0.39, 0.29) is 6.61 Å². The van der Waals surface area contributed by atoms with Crippen molar-refractivity contribution in [1.82, 2.24) is 5.32 Å². The maximum absolute atomic E-state index is 8.77. The maximum Gasteiger partial charge on any atom is 0.161 e. The molecule has 0 aliphatic heterocycles. The number of nitrogens with one attached hydrogen (secondary N) is 1. The van der Waals surface area contributed by atoms with E-state index in [2.05, 4.69) is 36.5 Å². The van der Waals surface area contributed by atoms with E-state index in [9.17, 15) is 0 Å². The fraction of sp³-hybridized carbons (Fsp3) is 0.400. The lowest BCUT2D eigenvalue weighted by atomic mass is 10.1. The van der Waals surface area contributed by atoms with E-state index >= 15 is 0 Å². The van der Waals surface area contributed by atoms with Crippen LogP contribution in [0, 0.1) is 6.92 Å². The van der Waals surface area contributed by atoms with Gasteiger partial charge in [0.05, 0.1) is 7.11 Å². The minimum absolute atomic E-state index is 0.253. The number of hydrogen-bond acceptors (Lipinski definition) is 4. The number of unbranched alkanes of at least 4 members (excludes halogenated alkanes) is 1. The van der Waals surface area contributed by atoms with Gasteiger partial charge in [-0.2, -0.15) is 0 Å². The highest BCUT2D eigenvalue weighted by atomic mass is 16.5. The molecule has 0 spiro atoms. The van der Waals surface area contributed by atoms with E-state index in [1.54, 1.807) is 7.11 Å². The van der Waals surface area contributed by atoms with Gasteiger partial charge in [0.1, 0.15) is 6.61 Å². The summed E-state index contributed by atoms with van der Waals surface area (Å²) in [4.78, 5) is 0. The van der Waals surface area contributed by atoms with Crippen LogP contribution in [0.2, 0.25) is 0 Å². The Balaban J connectivity index is 1.89. The number of aryl methyl sites for hydroxylation is 1. The molecule has 0 unspecified atom stereocenters. The summed E-state index contributed by atoms with van der Waals surface area (Å²) in [5.41, 5.74) is 3.53. The van der Waals surface area contributed by atoms with Crippen LogP contribution in [0.1, 0.15) is 29.5 Å². The number of rotatable bonds is 10. The molecule has 0 aliphatic carbocycles. The average molecular weight is 329 g/mol. The van der Waals surface area contributed by atoms with Gasteiger partial charge < -0.3 is 19.9 Å². The van der Waals surface area contributed by atoms with Gasteiger partial charge in [-0.15, -0.1) is 0 Å². The molecule has 130 valence electrons. The molecule has 0 amide bonds. The van der Waals surface area contributed by atoms with Crippen LogP contribution in [0.3, 0.4) is 0 Å². The highest BCUT2D eigenvalue weighted by molar-refractivity contribution is 5.43. The zero-order chi connectivity index (χ0) is 17.2. The second-order valence-corrected chi connectivity index (χ2v) is 5.87. The third-order valence-electron chi connectivity index (χ3n) is 3.83. The fourth-order valence-corrected chi connectivity index (χ4v) is 2.38. The summed E-state index contributed by atoms with van der Waals surface area (Å²) in [5, 5.41) is 12.1. The Morgan fingerprint density at radius 1 is 0.958 bits per heavy atom. The second kappa shape index (κ2) is 9.96. The zero-order valence-electron chi connectivity index (χ0n) is 14.5. The Morgan fingerprint density at radius 2 is 1.71 bits per heavy atom. The molecule has 0 fully saturated rings. The first-order valence-corrected chi connectivity index (χ1v) is 8.40. The van der Waals surface area contributed by atoms with Crippen LogP contribution in [-0.4, -0.2) is 25.4 Å². The molecule has 0 radical (unpaired) electrons. The fourth-order valence-electron chi connectivity index (χ4n) is 2.38. The topological polar surface area (TPSA) is 50.7 Å². The van der Waals surface area contributed by atoms with E-state index < -0.39 is 0 Å². The number of benzene rings is 2. The van der Waals surface area contributed by atoms with Crippen LogP contribution in [0.5, 0.6) is 11.5 Å². The maximum atomic E-state index is 8.77. The molecular weight excluding hydrogens is 302 g/mol. The van der Waals surface area contributed by atoms with Gasteiger partial charge in [0.25, 0.3) is 0 Å². The molecule has 0 heterocycles. The number of ether oxygens (including phenoxy) is 2. The molecule has 0 aromatic heterocycles. The number of aliphatic hydroxyl groups excluding tert-OH is 1. The van der Waals surface area contributed by atoms with E-state index in [0.29, 0.717) is 6.61 Å². The lowest BCUT2D eigenvalue weighted by Crippen LogP contribution is -2.15. The van der Waals surface area contributed by atoms with Gasteiger partial charge in [0.2, 0.25) is 0 Å². The van der Waals surface area contributed by atoms with Crippen LogP contribution < -0.4 is 14.8 Å². The quantitative estimate of drug-likeness (QED) is 0.656. The monoisotopic (exact) mass is 329 g/mol. The largest absolute Gasteiger partial charge is 0.493 e. The van der Waals surface area contributed by atoms with E-state index in [1.165, 1.54) is 5.56 Å². The van der Waals surface area contributed by atoms with Gasteiger partial charge in [0, 0.05) is 13.2 Å². The van der Waals surface area contributed by atoms with E-state index in [1.807, 2.05) is 18.2 Å². The van der Waals surface area contributed by atoms with Gasteiger partial charge in [-0.1, -0.05) is 35.9 Å². The molecule has 4 heteroatoms. The van der Waals surface area contributed by atoms with Crippen molar-refractivity contribution in [2.24, 2.45) is 0 Å². The summed E-state index contributed by atoms with van der Waals surface area (Å²) in [7, 11) is 1.66. The zero-order valence-corrected chi connectivity index (χ0v) is 14.5. The van der Waals surface area contributed by atoms with Gasteiger partial charge in [-0.3, -0.25) is 0 Å². The predicted octanol–water partition coefficient (Wildman–Crippen LogP) is 3.44. The molecule has 2 aromatic carbocycles. The number of methoxy groups -OCH3 is 1. The average Bonchev–Trinajstić information content (AvgIpc) is 2.61. The molecule has 2 N–H and O–H groups in total. The van der Waals surface area contributed by atoms with Crippen LogP contribution >= 0.6 is 0 Å². The van der Waals surface area contributed by atoms with Crippen molar-refractivity contribution in [2.75, 3.05) is 20.3 Å². The van der Waals surface area contributed by atoms with Crippen LogP contribution in [-0.2, 0) is 13.2 Å². The lowest BCUT2D eigenvalue weighted by molar-refractivity contribution is 0.283. The first-order chi connectivity index (χ1) is 11.7. The van der Waals surface area contributed by atoms with Gasteiger partial charge in [-0.05, 0) is 49.6 Å². The minimum atomic E-state index is 0.253. The summed E-state index contributed by atoms with van der Waals surface area (Å²) in [6.45, 7) is 4.52. The Hall–Kier alpha value is -2.04. The van der Waals surface area contributed by atoms with Crippen LogP contribution in [0.15, 0.2) is 42.5 Å². The van der Waals surface area contributed by atoms with Crippen molar-refractivity contribution in [3.8, 4) is 11.5 Å². The smallest absolute Gasteiger partial charge is 0.161 e. The minimum Gasteiger partial charge on any atom is -0.493 e. The SMILES string of the molecule is COc1cc(CNCCCCO)ccc1OCc1ccc(C)cc1. The molecule has 0 atom stereocenters. The highest BCUT2D eigenvalue weighted by Crippen LogP contribution is 2.28. The Kier molecular flexibility index (Phi) is 7.59. The molecule has 0 saturated carbocycles. The Morgan fingerprint density at radius 3 is 2.42 bits per heavy atom. The molecular formula is C20H27NO3. The summed E-state index contributed by atoms with van der Waals surface area (Å²) in [6.07, 6.45) is 1.81. The third-order valence-corrected chi connectivity index (χ3v) is 3.83. The van der Waals surface area contributed by atoms with Gasteiger partial charge in [-0.25, -0.2) is 0 Å². The van der Waals surface area contributed by atoms with Gasteiger partial charge in [0.15, 0.2) is 11.5 Å². The molecule has 0 bridgehead atoms. The summed E-state index contributed by atoms with van der Waals surface area (Å²) in [5.74, 6) is 1.50. The molecule has 24 heavy (non-hydrogen) atoms. The first-order valence-electron chi connectivity index (χ1n) is 8.40. The number of hydrogen-bond donors (Lipinski definition) is 2.